The maximum absolute atomic E-state index is 11.9. The Bertz CT molecular complexity index is 1570. The number of nitrogens with zero attached hydrogens (tertiary/aromatic N) is 4. The molecule has 4 heterocycles. The lowest BCUT2D eigenvalue weighted by Gasteiger charge is -2.20. The third-order valence-corrected chi connectivity index (χ3v) is 7.42. The molecule has 0 aliphatic heterocycles. The summed E-state index contributed by atoms with van der Waals surface area (Å²) in [5, 5.41) is 3.29. The lowest BCUT2D eigenvalue weighted by atomic mass is 10.2. The molecule has 9 heteroatoms. The van der Waals surface area contributed by atoms with Crippen molar-refractivity contribution >= 4 is 44.6 Å². The van der Waals surface area contributed by atoms with Crippen LogP contribution in [-0.4, -0.2) is 38.3 Å². The van der Waals surface area contributed by atoms with Crippen molar-refractivity contribution < 1.29 is 13.9 Å². The molecule has 5 aromatic rings. The first-order chi connectivity index (χ1) is 18.1. The Balaban J connectivity index is 1.22. The number of ether oxygens (including phenoxy) is 1. The number of aromatic nitrogens is 3. The number of carbonyl (C=O) groups excluding carboxylic acids is 1. The van der Waals surface area contributed by atoms with Crippen LogP contribution in [0.25, 0.3) is 31.9 Å². The first-order valence-electron chi connectivity index (χ1n) is 12.5. The van der Waals surface area contributed by atoms with Crippen LogP contribution in [0.2, 0.25) is 0 Å². The van der Waals surface area contributed by atoms with Gasteiger partial charge in [0.1, 0.15) is 17.0 Å². The van der Waals surface area contributed by atoms with Gasteiger partial charge in [0.2, 0.25) is 5.91 Å². The van der Waals surface area contributed by atoms with Crippen LogP contribution in [0.1, 0.15) is 38.7 Å². The van der Waals surface area contributed by atoms with Crippen LogP contribution in [0.5, 0.6) is 11.5 Å². The molecule has 1 saturated carbocycles. The summed E-state index contributed by atoms with van der Waals surface area (Å²) < 4.78 is 13.0. The Morgan fingerprint density at radius 3 is 2.81 bits per heavy atom. The minimum Gasteiger partial charge on any atom is -0.456 e. The second kappa shape index (κ2) is 9.82. The smallest absolute Gasteiger partial charge is 0.295 e. The molecule has 1 N–H and O–H groups in total. The van der Waals surface area contributed by atoms with Gasteiger partial charge in [-0.3, -0.25) is 14.8 Å². The van der Waals surface area contributed by atoms with Gasteiger partial charge in [-0.2, -0.15) is 4.98 Å². The third-order valence-electron chi connectivity index (χ3n) is 6.26. The van der Waals surface area contributed by atoms with Gasteiger partial charge in [0.15, 0.2) is 5.58 Å². The van der Waals surface area contributed by atoms with Crippen molar-refractivity contribution in [2.75, 3.05) is 11.9 Å². The fourth-order valence-electron chi connectivity index (χ4n) is 4.19. The second-order valence-electron chi connectivity index (χ2n) is 9.30. The van der Waals surface area contributed by atoms with Gasteiger partial charge < -0.3 is 19.4 Å². The summed E-state index contributed by atoms with van der Waals surface area (Å²) in [5.74, 6) is 1.49. The number of rotatable bonds is 9. The van der Waals surface area contributed by atoms with Crippen molar-refractivity contribution in [2.24, 2.45) is 0 Å². The molecule has 0 radical (unpaired) electrons. The zero-order valence-corrected chi connectivity index (χ0v) is 21.5. The Morgan fingerprint density at radius 2 is 2.05 bits per heavy atom. The van der Waals surface area contributed by atoms with Gasteiger partial charge in [-0.05, 0) is 49.1 Å². The lowest BCUT2D eigenvalue weighted by Crippen LogP contribution is -2.28. The zero-order chi connectivity index (χ0) is 25.4. The molecule has 1 amide bonds. The van der Waals surface area contributed by atoms with E-state index in [9.17, 15) is 4.79 Å². The quantitative estimate of drug-likeness (QED) is 0.237. The SMILES string of the molecule is CCCN(Cc1ccc(-c2cc3nccc(Oc4ccc5oc(NC6CC6)nc5c4)c3s2)nc1)C(C)=O. The number of benzene rings is 1. The highest BCUT2D eigenvalue weighted by molar-refractivity contribution is 7.22. The summed E-state index contributed by atoms with van der Waals surface area (Å²) in [6.45, 7) is 4.98. The van der Waals surface area contributed by atoms with E-state index < -0.39 is 0 Å². The van der Waals surface area contributed by atoms with Gasteiger partial charge >= 0.3 is 0 Å². The summed E-state index contributed by atoms with van der Waals surface area (Å²) in [6, 6.07) is 14.6. The van der Waals surface area contributed by atoms with Crippen LogP contribution >= 0.6 is 11.3 Å². The van der Waals surface area contributed by atoms with Gasteiger partial charge in [0, 0.05) is 50.6 Å². The van der Waals surface area contributed by atoms with E-state index in [0.29, 0.717) is 24.4 Å². The molecule has 1 aromatic carbocycles. The first-order valence-corrected chi connectivity index (χ1v) is 13.3. The van der Waals surface area contributed by atoms with Gasteiger partial charge in [-0.1, -0.05) is 13.0 Å². The molecule has 4 aromatic heterocycles. The van der Waals surface area contributed by atoms with Crippen molar-refractivity contribution in [3.05, 3.63) is 60.4 Å². The summed E-state index contributed by atoms with van der Waals surface area (Å²) in [6.07, 6.45) is 6.84. The summed E-state index contributed by atoms with van der Waals surface area (Å²) in [4.78, 5) is 28.5. The highest BCUT2D eigenvalue weighted by atomic mass is 32.1. The third kappa shape index (κ3) is 5.13. The van der Waals surface area contributed by atoms with E-state index in [2.05, 4.69) is 27.2 Å². The van der Waals surface area contributed by atoms with Crippen LogP contribution in [0, 0.1) is 0 Å². The number of carbonyl (C=O) groups is 1. The van der Waals surface area contributed by atoms with Crippen LogP contribution in [0.3, 0.4) is 0 Å². The molecule has 0 bridgehead atoms. The number of oxazole rings is 1. The Hall–Kier alpha value is -3.98. The van der Waals surface area contributed by atoms with E-state index in [-0.39, 0.29) is 5.91 Å². The van der Waals surface area contributed by atoms with Gasteiger partial charge in [0.05, 0.1) is 20.8 Å². The normalized spacial score (nSPS) is 13.2. The number of hydrogen-bond acceptors (Lipinski definition) is 8. The number of amides is 1. The maximum atomic E-state index is 11.9. The van der Waals surface area contributed by atoms with Crippen LogP contribution < -0.4 is 10.1 Å². The molecule has 1 fully saturated rings. The van der Waals surface area contributed by atoms with Gasteiger partial charge in [-0.15, -0.1) is 11.3 Å². The maximum Gasteiger partial charge on any atom is 0.295 e. The Morgan fingerprint density at radius 1 is 1.16 bits per heavy atom. The van der Waals surface area contributed by atoms with E-state index in [1.165, 1.54) is 0 Å². The Kier molecular flexibility index (Phi) is 6.21. The number of hydrogen-bond donors (Lipinski definition) is 1. The largest absolute Gasteiger partial charge is 0.456 e. The molecule has 1 aliphatic carbocycles. The second-order valence-corrected chi connectivity index (χ2v) is 10.3. The standard InChI is InChI=1S/C28H27N5O3S/c1-3-12-33(17(2)34)16-18-4-8-21(30-15-18)26-14-23-27(37-26)25(10-11-29-23)35-20-7-9-24-22(13-20)32-28(36-24)31-19-5-6-19/h4,7-11,13-15,19H,3,5-6,12,16H2,1-2H3,(H,31,32). The predicted octanol–water partition coefficient (Wildman–Crippen LogP) is 6.62. The van der Waals surface area contributed by atoms with Crippen molar-refractivity contribution in [2.45, 2.75) is 45.7 Å². The molecule has 1 aliphatic rings. The number of pyridine rings is 2. The molecule has 8 nitrogen and oxygen atoms in total. The van der Waals surface area contributed by atoms with E-state index in [4.69, 9.17) is 9.15 Å². The molecule has 6 rings (SSSR count). The summed E-state index contributed by atoms with van der Waals surface area (Å²) >= 11 is 1.59. The minimum absolute atomic E-state index is 0.0760. The molecule has 0 unspecified atom stereocenters. The first kappa shape index (κ1) is 23.4. The van der Waals surface area contributed by atoms with Crippen LogP contribution in [0.15, 0.2) is 59.3 Å². The van der Waals surface area contributed by atoms with Gasteiger partial charge in [0.25, 0.3) is 6.01 Å². The van der Waals surface area contributed by atoms with Crippen LogP contribution in [0.4, 0.5) is 6.01 Å². The molecule has 0 spiro atoms. The lowest BCUT2D eigenvalue weighted by molar-refractivity contribution is -0.129. The molecular formula is C28H27N5O3S. The van der Waals surface area contributed by atoms with Crippen molar-refractivity contribution in [1.82, 2.24) is 19.9 Å². The summed E-state index contributed by atoms with van der Waals surface area (Å²) in [5.41, 5.74) is 4.21. The van der Waals surface area contributed by atoms with Gasteiger partial charge in [-0.25, -0.2) is 0 Å². The fraction of sp³-hybridized carbons (Fsp3) is 0.286. The average Bonchev–Trinajstić information content (AvgIpc) is 3.44. The average molecular weight is 514 g/mol. The van der Waals surface area contributed by atoms with Crippen molar-refractivity contribution in [1.29, 1.82) is 0 Å². The predicted molar refractivity (Wildman–Crippen MR) is 145 cm³/mol. The fourth-order valence-corrected chi connectivity index (χ4v) is 5.23. The van der Waals surface area contributed by atoms with E-state index in [0.717, 1.165) is 69.0 Å². The molecule has 37 heavy (non-hydrogen) atoms. The topological polar surface area (TPSA) is 93.4 Å². The zero-order valence-electron chi connectivity index (χ0n) is 20.7. The number of anilines is 1. The number of nitrogens with one attached hydrogen (secondary N) is 1. The van der Waals surface area contributed by atoms with Crippen molar-refractivity contribution in [3.63, 3.8) is 0 Å². The molecule has 188 valence electrons. The van der Waals surface area contributed by atoms with Crippen LogP contribution in [-0.2, 0) is 11.3 Å². The summed E-state index contributed by atoms with van der Waals surface area (Å²) in [7, 11) is 0. The van der Waals surface area contributed by atoms with E-state index in [1.807, 2.05) is 53.6 Å². The highest BCUT2D eigenvalue weighted by Crippen LogP contribution is 2.39. The monoisotopic (exact) mass is 513 g/mol. The minimum atomic E-state index is 0.0760. The Labute approximate surface area is 218 Å². The molecular weight excluding hydrogens is 486 g/mol. The highest BCUT2D eigenvalue weighted by Gasteiger charge is 2.23. The molecule has 0 atom stereocenters. The molecule has 0 saturated heterocycles. The number of fused-ring (bicyclic) bond motifs is 2. The van der Waals surface area contributed by atoms with E-state index in [1.54, 1.807) is 24.5 Å². The number of thiophene rings is 1. The van der Waals surface area contributed by atoms with E-state index >= 15 is 0 Å². The van der Waals surface area contributed by atoms with Crippen molar-refractivity contribution in [3.8, 4) is 22.1 Å².